The van der Waals surface area contributed by atoms with E-state index in [0.29, 0.717) is 42.2 Å². The van der Waals surface area contributed by atoms with Gasteiger partial charge in [0.1, 0.15) is 5.51 Å². The number of nitro groups is 1. The number of hydrogen-bond donors (Lipinski definition) is 1. The number of carbonyl (C=O) groups is 2. The van der Waals surface area contributed by atoms with Crippen molar-refractivity contribution in [3.8, 4) is 0 Å². The number of rotatable bonds is 4. The molecule has 1 fully saturated rings. The van der Waals surface area contributed by atoms with E-state index >= 15 is 0 Å². The number of hydrogen-bond acceptors (Lipinski definition) is 7. The molecule has 3 rings (SSSR count). The second-order valence-electron chi connectivity index (χ2n) is 6.01. The van der Waals surface area contributed by atoms with Crippen molar-refractivity contribution in [2.24, 2.45) is 5.92 Å². The number of nitro benzene ring substituents is 1. The fourth-order valence-electron chi connectivity index (χ4n) is 3.00. The average molecular weight is 375 g/mol. The monoisotopic (exact) mass is 375 g/mol. The van der Waals surface area contributed by atoms with Crippen molar-refractivity contribution in [1.29, 1.82) is 0 Å². The molecule has 1 aromatic heterocycles. The van der Waals surface area contributed by atoms with E-state index in [1.165, 1.54) is 29.0 Å². The lowest BCUT2D eigenvalue weighted by molar-refractivity contribution is -0.385. The summed E-state index contributed by atoms with van der Waals surface area (Å²) in [5.41, 5.74) is 2.16. The Morgan fingerprint density at radius 2 is 2.08 bits per heavy atom. The van der Waals surface area contributed by atoms with E-state index in [4.69, 9.17) is 0 Å². The van der Waals surface area contributed by atoms with Gasteiger partial charge in [-0.05, 0) is 25.8 Å². The van der Waals surface area contributed by atoms with E-state index in [9.17, 15) is 19.7 Å². The Kier molecular flexibility index (Phi) is 5.21. The van der Waals surface area contributed by atoms with Gasteiger partial charge in [-0.25, -0.2) is 0 Å². The maximum absolute atomic E-state index is 12.7. The first kappa shape index (κ1) is 17.9. The summed E-state index contributed by atoms with van der Waals surface area (Å²) in [4.78, 5) is 37.1. The quantitative estimate of drug-likeness (QED) is 0.647. The molecule has 0 unspecified atom stereocenters. The molecule has 1 N–H and O–H groups in total. The van der Waals surface area contributed by atoms with Crippen molar-refractivity contribution < 1.29 is 14.5 Å². The minimum absolute atomic E-state index is 0.0674. The number of carbonyl (C=O) groups excluding carboxylic acids is 2. The molecule has 0 radical (unpaired) electrons. The Labute approximate surface area is 153 Å². The van der Waals surface area contributed by atoms with E-state index in [2.05, 4.69) is 15.5 Å². The maximum atomic E-state index is 12.7. The molecule has 2 amide bonds. The Morgan fingerprint density at radius 1 is 1.35 bits per heavy atom. The van der Waals surface area contributed by atoms with Gasteiger partial charge in [0.25, 0.3) is 11.6 Å². The highest BCUT2D eigenvalue weighted by Gasteiger charge is 2.29. The highest BCUT2D eigenvalue weighted by atomic mass is 32.1. The topological polar surface area (TPSA) is 118 Å². The van der Waals surface area contributed by atoms with Crippen LogP contribution in [-0.4, -0.2) is 44.9 Å². The van der Waals surface area contributed by atoms with Gasteiger partial charge in [0.15, 0.2) is 0 Å². The molecule has 1 aliphatic heterocycles. The molecule has 2 aromatic rings. The number of aromatic nitrogens is 2. The molecule has 26 heavy (non-hydrogen) atoms. The predicted molar refractivity (Wildman–Crippen MR) is 95.0 cm³/mol. The van der Waals surface area contributed by atoms with Crippen molar-refractivity contribution in [3.63, 3.8) is 0 Å². The number of anilines is 1. The number of piperidine rings is 1. The van der Waals surface area contributed by atoms with Crippen LogP contribution in [0.25, 0.3) is 0 Å². The largest absolute Gasteiger partial charge is 0.339 e. The van der Waals surface area contributed by atoms with E-state index < -0.39 is 4.92 Å². The van der Waals surface area contributed by atoms with Crippen molar-refractivity contribution in [1.82, 2.24) is 15.1 Å². The smallest absolute Gasteiger partial charge is 0.273 e. The first-order valence-corrected chi connectivity index (χ1v) is 8.95. The summed E-state index contributed by atoms with van der Waals surface area (Å²) in [5, 5.41) is 21.7. The van der Waals surface area contributed by atoms with Crippen LogP contribution in [-0.2, 0) is 4.79 Å². The molecule has 0 aliphatic carbocycles. The first-order valence-electron chi connectivity index (χ1n) is 8.07. The number of benzene rings is 1. The summed E-state index contributed by atoms with van der Waals surface area (Å²) >= 11 is 1.25. The molecular formula is C16H17N5O4S. The van der Waals surface area contributed by atoms with Gasteiger partial charge < -0.3 is 10.2 Å². The Bertz CT molecular complexity index is 831. The number of likely N-dealkylation sites (tertiary alicyclic amines) is 1. The van der Waals surface area contributed by atoms with Crippen LogP contribution < -0.4 is 5.32 Å². The SMILES string of the molecule is Cc1c(C(=O)N2CCC(C(=O)Nc3nncs3)CC2)cccc1[N+](=O)[O-]. The maximum Gasteiger partial charge on any atom is 0.273 e. The van der Waals surface area contributed by atoms with Gasteiger partial charge in [-0.3, -0.25) is 19.7 Å². The Balaban J connectivity index is 1.63. The Hall–Kier alpha value is -2.88. The molecule has 0 bridgehead atoms. The molecule has 0 saturated carbocycles. The third-order valence-corrected chi connectivity index (χ3v) is 5.08. The van der Waals surface area contributed by atoms with Crippen molar-refractivity contribution >= 4 is 34.0 Å². The number of nitrogens with one attached hydrogen (secondary N) is 1. The zero-order valence-electron chi connectivity index (χ0n) is 14.0. The van der Waals surface area contributed by atoms with E-state index in [0.717, 1.165) is 0 Å². The fraction of sp³-hybridized carbons (Fsp3) is 0.375. The third kappa shape index (κ3) is 3.69. The molecule has 0 spiro atoms. The summed E-state index contributed by atoms with van der Waals surface area (Å²) in [5.74, 6) is -0.566. The zero-order valence-corrected chi connectivity index (χ0v) is 14.9. The van der Waals surface area contributed by atoms with E-state index in [1.54, 1.807) is 17.9 Å². The second kappa shape index (κ2) is 7.56. The summed E-state index contributed by atoms with van der Waals surface area (Å²) in [6.07, 6.45) is 1.06. The summed E-state index contributed by atoms with van der Waals surface area (Å²) in [7, 11) is 0. The highest BCUT2D eigenvalue weighted by Crippen LogP contribution is 2.25. The van der Waals surface area contributed by atoms with E-state index in [1.807, 2.05) is 0 Å². The molecule has 2 heterocycles. The Morgan fingerprint density at radius 3 is 2.69 bits per heavy atom. The van der Waals surface area contributed by atoms with Crippen LogP contribution in [0.2, 0.25) is 0 Å². The lowest BCUT2D eigenvalue weighted by Gasteiger charge is -2.31. The fourth-order valence-corrected chi connectivity index (χ4v) is 3.45. The van der Waals surface area contributed by atoms with Gasteiger partial charge in [-0.1, -0.05) is 17.4 Å². The number of nitrogens with zero attached hydrogens (tertiary/aromatic N) is 4. The van der Waals surface area contributed by atoms with Crippen LogP contribution in [0.15, 0.2) is 23.7 Å². The molecular weight excluding hydrogens is 358 g/mol. The predicted octanol–water partition coefficient (Wildman–Crippen LogP) is 2.25. The molecule has 1 aromatic carbocycles. The van der Waals surface area contributed by atoms with Crippen LogP contribution in [0, 0.1) is 23.0 Å². The van der Waals surface area contributed by atoms with Crippen LogP contribution in [0.1, 0.15) is 28.8 Å². The standard InChI is InChI=1S/C16H17N5O4S/c1-10-12(3-2-4-13(10)21(24)25)15(23)20-7-5-11(6-8-20)14(22)18-16-19-17-9-26-16/h2-4,9,11H,5-8H2,1H3,(H,18,19,22). The number of amides is 2. The van der Waals surface area contributed by atoms with Gasteiger partial charge in [-0.2, -0.15) is 0 Å². The van der Waals surface area contributed by atoms with Crippen LogP contribution in [0.3, 0.4) is 0 Å². The first-order chi connectivity index (χ1) is 12.5. The van der Waals surface area contributed by atoms with Crippen LogP contribution >= 0.6 is 11.3 Å². The van der Waals surface area contributed by atoms with Gasteiger partial charge in [0.2, 0.25) is 11.0 Å². The second-order valence-corrected chi connectivity index (χ2v) is 6.84. The van der Waals surface area contributed by atoms with Crippen molar-refractivity contribution in [2.45, 2.75) is 19.8 Å². The molecule has 1 saturated heterocycles. The summed E-state index contributed by atoms with van der Waals surface area (Å²) < 4.78 is 0. The summed E-state index contributed by atoms with van der Waals surface area (Å²) in [6, 6.07) is 4.50. The van der Waals surface area contributed by atoms with Gasteiger partial charge in [0, 0.05) is 36.2 Å². The third-order valence-electron chi connectivity index (χ3n) is 4.48. The minimum Gasteiger partial charge on any atom is -0.339 e. The minimum atomic E-state index is -0.490. The lowest BCUT2D eigenvalue weighted by Crippen LogP contribution is -2.41. The highest BCUT2D eigenvalue weighted by molar-refractivity contribution is 7.13. The molecule has 0 atom stereocenters. The average Bonchev–Trinajstić information content (AvgIpc) is 3.14. The molecule has 10 heteroatoms. The molecule has 1 aliphatic rings. The van der Waals surface area contributed by atoms with Gasteiger partial charge in [-0.15, -0.1) is 10.2 Å². The van der Waals surface area contributed by atoms with Crippen molar-refractivity contribution in [2.75, 3.05) is 18.4 Å². The zero-order chi connectivity index (χ0) is 18.7. The lowest BCUT2D eigenvalue weighted by atomic mass is 9.95. The van der Waals surface area contributed by atoms with E-state index in [-0.39, 0.29) is 23.4 Å². The van der Waals surface area contributed by atoms with Crippen LogP contribution in [0.5, 0.6) is 0 Å². The van der Waals surface area contributed by atoms with Gasteiger partial charge in [0.05, 0.1) is 4.92 Å². The molecule has 136 valence electrons. The van der Waals surface area contributed by atoms with Gasteiger partial charge >= 0.3 is 0 Å². The van der Waals surface area contributed by atoms with Crippen molar-refractivity contribution in [3.05, 3.63) is 45.0 Å². The normalized spacial score (nSPS) is 14.9. The summed E-state index contributed by atoms with van der Waals surface area (Å²) in [6.45, 7) is 2.43. The molecule has 9 nitrogen and oxygen atoms in total. The van der Waals surface area contributed by atoms with Crippen LogP contribution in [0.4, 0.5) is 10.8 Å².